The van der Waals surface area contributed by atoms with Crippen LogP contribution >= 0.6 is 0 Å². The van der Waals surface area contributed by atoms with Gasteiger partial charge in [-0.25, -0.2) is 9.67 Å². The summed E-state index contributed by atoms with van der Waals surface area (Å²) in [5, 5.41) is 6.95. The Labute approximate surface area is 127 Å². The molecule has 6 nitrogen and oxygen atoms in total. The summed E-state index contributed by atoms with van der Waals surface area (Å²) in [6.45, 7) is 1.78. The van der Waals surface area contributed by atoms with Crippen molar-refractivity contribution < 1.29 is 4.79 Å². The zero-order valence-electron chi connectivity index (χ0n) is 12.0. The smallest absolute Gasteiger partial charge is 0.249 e. The predicted octanol–water partition coefficient (Wildman–Crippen LogP) is 2.54. The number of amides is 1. The van der Waals surface area contributed by atoms with Crippen molar-refractivity contribution in [3.8, 4) is 11.1 Å². The summed E-state index contributed by atoms with van der Waals surface area (Å²) in [5.41, 5.74) is 2.70. The van der Waals surface area contributed by atoms with Gasteiger partial charge >= 0.3 is 0 Å². The van der Waals surface area contributed by atoms with Crippen molar-refractivity contribution in [3.63, 3.8) is 0 Å². The lowest BCUT2D eigenvalue weighted by atomic mass is 10.0. The SMILES string of the molecule is CC(C(=O)Nc1ccccc1-c1ccncc1)n1cncn1. The van der Waals surface area contributed by atoms with Crippen LogP contribution in [0.15, 0.2) is 61.4 Å². The largest absolute Gasteiger partial charge is 0.324 e. The molecule has 0 fully saturated rings. The van der Waals surface area contributed by atoms with E-state index in [2.05, 4.69) is 20.4 Å². The van der Waals surface area contributed by atoms with E-state index in [-0.39, 0.29) is 5.91 Å². The van der Waals surface area contributed by atoms with Crippen LogP contribution in [-0.4, -0.2) is 25.7 Å². The number of anilines is 1. The Kier molecular flexibility index (Phi) is 3.91. The predicted molar refractivity (Wildman–Crippen MR) is 83.0 cm³/mol. The molecule has 1 atom stereocenters. The lowest BCUT2D eigenvalue weighted by Crippen LogP contribution is -2.24. The summed E-state index contributed by atoms with van der Waals surface area (Å²) in [5.74, 6) is -0.146. The average Bonchev–Trinajstić information content (AvgIpc) is 3.10. The van der Waals surface area contributed by atoms with Gasteiger partial charge in [0.05, 0.1) is 0 Å². The van der Waals surface area contributed by atoms with Gasteiger partial charge in [-0.1, -0.05) is 18.2 Å². The van der Waals surface area contributed by atoms with Crippen LogP contribution in [0.25, 0.3) is 11.1 Å². The van der Waals surface area contributed by atoms with Crippen molar-refractivity contribution >= 4 is 11.6 Å². The Hall–Kier alpha value is -3.02. The number of aromatic nitrogens is 4. The number of nitrogens with one attached hydrogen (secondary N) is 1. The van der Waals surface area contributed by atoms with E-state index in [1.807, 2.05) is 36.4 Å². The maximum Gasteiger partial charge on any atom is 0.249 e. The standard InChI is InChI=1S/C16H15N5O/c1-12(21-11-18-10-19-21)16(22)20-15-5-3-2-4-14(15)13-6-8-17-9-7-13/h2-12H,1H3,(H,20,22). The fourth-order valence-corrected chi connectivity index (χ4v) is 2.15. The first-order valence-electron chi connectivity index (χ1n) is 6.90. The van der Waals surface area contributed by atoms with Crippen LogP contribution in [0.4, 0.5) is 5.69 Å². The Bertz CT molecular complexity index is 755. The highest BCUT2D eigenvalue weighted by Gasteiger charge is 2.17. The Morgan fingerprint density at radius 3 is 2.64 bits per heavy atom. The lowest BCUT2D eigenvalue weighted by Gasteiger charge is -2.15. The molecule has 0 bridgehead atoms. The van der Waals surface area contributed by atoms with Gasteiger partial charge in [-0.2, -0.15) is 5.10 Å². The van der Waals surface area contributed by atoms with Crippen molar-refractivity contribution in [2.75, 3.05) is 5.32 Å². The van der Waals surface area contributed by atoms with Gasteiger partial charge in [0.25, 0.3) is 0 Å². The molecule has 0 radical (unpaired) electrons. The van der Waals surface area contributed by atoms with Gasteiger partial charge in [-0.05, 0) is 30.7 Å². The van der Waals surface area contributed by atoms with Gasteiger partial charge < -0.3 is 5.32 Å². The van der Waals surface area contributed by atoms with E-state index in [1.165, 1.54) is 17.3 Å². The summed E-state index contributed by atoms with van der Waals surface area (Å²) >= 11 is 0. The molecule has 1 amide bonds. The molecule has 110 valence electrons. The minimum atomic E-state index is -0.437. The Morgan fingerprint density at radius 1 is 1.14 bits per heavy atom. The first kappa shape index (κ1) is 13.9. The Morgan fingerprint density at radius 2 is 1.91 bits per heavy atom. The highest BCUT2D eigenvalue weighted by Crippen LogP contribution is 2.27. The summed E-state index contributed by atoms with van der Waals surface area (Å²) in [6.07, 6.45) is 6.39. The second-order valence-electron chi connectivity index (χ2n) is 4.82. The highest BCUT2D eigenvalue weighted by molar-refractivity contribution is 5.97. The van der Waals surface area contributed by atoms with Gasteiger partial charge in [0, 0.05) is 23.6 Å². The van der Waals surface area contributed by atoms with E-state index in [9.17, 15) is 4.79 Å². The maximum absolute atomic E-state index is 12.4. The first-order valence-corrected chi connectivity index (χ1v) is 6.90. The monoisotopic (exact) mass is 293 g/mol. The molecule has 1 N–H and O–H groups in total. The number of rotatable bonds is 4. The van der Waals surface area contributed by atoms with Crippen molar-refractivity contribution in [1.29, 1.82) is 0 Å². The van der Waals surface area contributed by atoms with Gasteiger partial charge in [0.15, 0.2) is 0 Å². The highest BCUT2D eigenvalue weighted by atomic mass is 16.2. The number of carbonyl (C=O) groups excluding carboxylic acids is 1. The van der Waals surface area contributed by atoms with Crippen LogP contribution in [-0.2, 0) is 4.79 Å². The molecule has 3 aromatic rings. The second kappa shape index (κ2) is 6.17. The normalized spacial score (nSPS) is 11.9. The number of carbonyl (C=O) groups is 1. The van der Waals surface area contributed by atoms with Crippen LogP contribution in [0.3, 0.4) is 0 Å². The van der Waals surface area contributed by atoms with Crippen LogP contribution in [0, 0.1) is 0 Å². The molecule has 2 heterocycles. The van der Waals surface area contributed by atoms with E-state index in [4.69, 9.17) is 0 Å². The van der Waals surface area contributed by atoms with E-state index in [0.29, 0.717) is 0 Å². The van der Waals surface area contributed by atoms with E-state index < -0.39 is 6.04 Å². The van der Waals surface area contributed by atoms with Gasteiger partial charge in [-0.3, -0.25) is 9.78 Å². The van der Waals surface area contributed by atoms with Crippen molar-refractivity contribution in [3.05, 3.63) is 61.4 Å². The molecular formula is C16H15N5O. The van der Waals surface area contributed by atoms with Crippen LogP contribution in [0.1, 0.15) is 13.0 Å². The lowest BCUT2D eigenvalue weighted by molar-refractivity contribution is -0.119. The number of para-hydroxylation sites is 1. The fourth-order valence-electron chi connectivity index (χ4n) is 2.15. The molecule has 0 saturated heterocycles. The van der Waals surface area contributed by atoms with Crippen molar-refractivity contribution in [2.24, 2.45) is 0 Å². The third kappa shape index (κ3) is 2.85. The summed E-state index contributed by atoms with van der Waals surface area (Å²) in [7, 11) is 0. The minimum absolute atomic E-state index is 0.146. The molecule has 3 rings (SSSR count). The molecule has 6 heteroatoms. The molecule has 0 spiro atoms. The number of hydrogen-bond acceptors (Lipinski definition) is 4. The quantitative estimate of drug-likeness (QED) is 0.802. The Balaban J connectivity index is 1.86. The van der Waals surface area contributed by atoms with E-state index >= 15 is 0 Å². The zero-order valence-corrected chi connectivity index (χ0v) is 12.0. The number of pyridine rings is 1. The molecule has 1 unspecified atom stereocenters. The van der Waals surface area contributed by atoms with E-state index in [0.717, 1.165) is 16.8 Å². The fraction of sp³-hybridized carbons (Fsp3) is 0.125. The molecule has 2 aromatic heterocycles. The first-order chi connectivity index (χ1) is 10.8. The summed E-state index contributed by atoms with van der Waals surface area (Å²) in [4.78, 5) is 20.3. The number of nitrogens with zero attached hydrogens (tertiary/aromatic N) is 4. The topological polar surface area (TPSA) is 72.7 Å². The molecular weight excluding hydrogens is 278 g/mol. The maximum atomic E-state index is 12.4. The molecule has 22 heavy (non-hydrogen) atoms. The van der Waals surface area contributed by atoms with Crippen LogP contribution in [0.2, 0.25) is 0 Å². The van der Waals surface area contributed by atoms with Gasteiger partial charge in [0.2, 0.25) is 5.91 Å². The second-order valence-corrected chi connectivity index (χ2v) is 4.82. The summed E-state index contributed by atoms with van der Waals surface area (Å²) < 4.78 is 1.52. The van der Waals surface area contributed by atoms with Gasteiger partial charge in [0.1, 0.15) is 18.7 Å². The molecule has 1 aromatic carbocycles. The number of benzene rings is 1. The molecule has 0 aliphatic carbocycles. The van der Waals surface area contributed by atoms with Gasteiger partial charge in [-0.15, -0.1) is 0 Å². The summed E-state index contributed by atoms with van der Waals surface area (Å²) in [6, 6.07) is 11.0. The molecule has 0 aliphatic rings. The van der Waals surface area contributed by atoms with Crippen molar-refractivity contribution in [1.82, 2.24) is 19.7 Å². The molecule has 0 aliphatic heterocycles. The molecule has 0 saturated carbocycles. The number of hydrogen-bond donors (Lipinski definition) is 1. The van der Waals surface area contributed by atoms with Crippen LogP contribution < -0.4 is 5.32 Å². The average molecular weight is 293 g/mol. The van der Waals surface area contributed by atoms with Crippen molar-refractivity contribution in [2.45, 2.75) is 13.0 Å². The van der Waals surface area contributed by atoms with Crippen LogP contribution in [0.5, 0.6) is 0 Å². The van der Waals surface area contributed by atoms with E-state index in [1.54, 1.807) is 19.3 Å². The third-order valence-electron chi connectivity index (χ3n) is 3.39. The zero-order chi connectivity index (χ0) is 15.4. The third-order valence-corrected chi connectivity index (χ3v) is 3.39. The minimum Gasteiger partial charge on any atom is -0.324 e.